The number of rotatable bonds is 5. The maximum atomic E-state index is 11.9. The molecule has 7 nitrogen and oxygen atoms in total. The van der Waals surface area contributed by atoms with Crippen molar-refractivity contribution >= 4 is 11.9 Å². The fraction of sp³-hybridized carbons (Fsp3) is 0.692. The lowest BCUT2D eigenvalue weighted by Gasteiger charge is -2.12. The molecule has 1 N–H and O–H groups in total. The summed E-state index contributed by atoms with van der Waals surface area (Å²) in [5, 5.41) is 11.0. The predicted octanol–water partition coefficient (Wildman–Crippen LogP) is 0.611. The number of aromatic nitrogens is 3. The first-order valence-electron chi connectivity index (χ1n) is 7.09. The van der Waals surface area contributed by atoms with Gasteiger partial charge in [-0.2, -0.15) is 0 Å². The largest absolute Gasteiger partial charge is 0.461 e. The molecule has 1 aliphatic heterocycles. The van der Waals surface area contributed by atoms with E-state index in [1.165, 1.54) is 0 Å². The zero-order chi connectivity index (χ0) is 14.1. The van der Waals surface area contributed by atoms with Crippen molar-refractivity contribution in [1.29, 1.82) is 0 Å². The summed E-state index contributed by atoms with van der Waals surface area (Å²) in [6.45, 7) is 2.67. The number of amides is 1. The van der Waals surface area contributed by atoms with Gasteiger partial charge in [0.2, 0.25) is 5.91 Å². The van der Waals surface area contributed by atoms with E-state index < -0.39 is 5.97 Å². The Morgan fingerprint density at radius 1 is 1.45 bits per heavy atom. The molecule has 1 aromatic heterocycles. The lowest BCUT2D eigenvalue weighted by Crippen LogP contribution is -2.30. The first-order chi connectivity index (χ1) is 9.69. The van der Waals surface area contributed by atoms with E-state index in [0.717, 1.165) is 25.0 Å². The second kappa shape index (κ2) is 5.22. The quantitative estimate of drug-likeness (QED) is 0.797. The van der Waals surface area contributed by atoms with Gasteiger partial charge in [0.25, 0.3) is 0 Å². The third kappa shape index (κ3) is 2.52. The highest BCUT2D eigenvalue weighted by Gasteiger charge is 2.35. The van der Waals surface area contributed by atoms with Crippen molar-refractivity contribution in [2.75, 3.05) is 6.61 Å². The summed E-state index contributed by atoms with van der Waals surface area (Å²) >= 11 is 0. The highest BCUT2D eigenvalue weighted by atomic mass is 16.5. The molecule has 1 aromatic rings. The van der Waals surface area contributed by atoms with Crippen LogP contribution in [0.1, 0.15) is 54.7 Å². The van der Waals surface area contributed by atoms with Crippen LogP contribution in [0.4, 0.5) is 0 Å². The fourth-order valence-corrected chi connectivity index (χ4v) is 2.58. The summed E-state index contributed by atoms with van der Waals surface area (Å²) in [5.41, 5.74) is 1.20. The maximum Gasteiger partial charge on any atom is 0.360 e. The van der Waals surface area contributed by atoms with Crippen LogP contribution in [0.25, 0.3) is 0 Å². The fourth-order valence-electron chi connectivity index (χ4n) is 2.58. The van der Waals surface area contributed by atoms with Gasteiger partial charge in [0.15, 0.2) is 5.69 Å². The van der Waals surface area contributed by atoms with Crippen LogP contribution >= 0.6 is 0 Å². The van der Waals surface area contributed by atoms with Crippen molar-refractivity contribution < 1.29 is 14.3 Å². The average molecular weight is 278 g/mol. The van der Waals surface area contributed by atoms with Crippen molar-refractivity contribution in [2.24, 2.45) is 0 Å². The molecule has 7 heteroatoms. The van der Waals surface area contributed by atoms with Gasteiger partial charge in [0.05, 0.1) is 18.8 Å². The molecule has 1 aliphatic carbocycles. The van der Waals surface area contributed by atoms with Gasteiger partial charge in [-0.1, -0.05) is 5.21 Å². The molecule has 0 spiro atoms. The third-order valence-electron chi connectivity index (χ3n) is 3.68. The molecule has 3 rings (SSSR count). The lowest BCUT2D eigenvalue weighted by molar-refractivity contribution is -0.119. The predicted molar refractivity (Wildman–Crippen MR) is 69.1 cm³/mol. The lowest BCUT2D eigenvalue weighted by atomic mass is 10.2. The van der Waals surface area contributed by atoms with Crippen LogP contribution < -0.4 is 5.32 Å². The highest BCUT2D eigenvalue weighted by Crippen LogP contribution is 2.41. The van der Waals surface area contributed by atoms with Crippen LogP contribution in [0.5, 0.6) is 0 Å². The molecule has 2 aliphatic rings. The number of carbonyl (C=O) groups excluding carboxylic acids is 2. The van der Waals surface area contributed by atoms with Crippen LogP contribution in [-0.4, -0.2) is 39.5 Å². The standard InChI is InChI=1S/C13H18N4O3/c1-2-20-13(19)11-12(8-3-4-8)17(16-15-11)7-9-5-6-10(18)14-9/h8-9H,2-7H2,1H3,(H,14,18). The summed E-state index contributed by atoms with van der Waals surface area (Å²) in [6, 6.07) is 0.0803. The van der Waals surface area contributed by atoms with Gasteiger partial charge >= 0.3 is 5.97 Å². The molecule has 108 valence electrons. The van der Waals surface area contributed by atoms with E-state index in [9.17, 15) is 9.59 Å². The summed E-state index contributed by atoms with van der Waals surface area (Å²) in [6.07, 6.45) is 3.47. The Bertz CT molecular complexity index is 536. The third-order valence-corrected chi connectivity index (χ3v) is 3.68. The average Bonchev–Trinajstić information content (AvgIpc) is 3.05. The minimum absolute atomic E-state index is 0.0775. The molecule has 2 fully saturated rings. The second-order valence-corrected chi connectivity index (χ2v) is 5.30. The smallest absolute Gasteiger partial charge is 0.360 e. The zero-order valence-corrected chi connectivity index (χ0v) is 11.5. The van der Waals surface area contributed by atoms with Gasteiger partial charge in [-0.05, 0) is 26.2 Å². The molecule has 1 saturated carbocycles. The van der Waals surface area contributed by atoms with Crippen molar-refractivity contribution in [1.82, 2.24) is 20.3 Å². The summed E-state index contributed by atoms with van der Waals surface area (Å²) in [7, 11) is 0. The molecule has 0 aromatic carbocycles. The maximum absolute atomic E-state index is 11.9. The van der Waals surface area contributed by atoms with Gasteiger partial charge in [-0.3, -0.25) is 4.79 Å². The topological polar surface area (TPSA) is 86.1 Å². The van der Waals surface area contributed by atoms with E-state index in [0.29, 0.717) is 31.2 Å². The zero-order valence-electron chi connectivity index (χ0n) is 11.5. The molecule has 1 saturated heterocycles. The summed E-state index contributed by atoms with van der Waals surface area (Å²) in [5.74, 6) is 0.0197. The van der Waals surface area contributed by atoms with E-state index >= 15 is 0 Å². The number of hydrogen-bond donors (Lipinski definition) is 1. The van der Waals surface area contributed by atoms with Crippen molar-refractivity contribution in [3.05, 3.63) is 11.4 Å². The van der Waals surface area contributed by atoms with Gasteiger partial charge < -0.3 is 10.1 Å². The monoisotopic (exact) mass is 278 g/mol. The van der Waals surface area contributed by atoms with Crippen LogP contribution in [-0.2, 0) is 16.1 Å². The van der Waals surface area contributed by atoms with Gasteiger partial charge in [0.1, 0.15) is 0 Å². The van der Waals surface area contributed by atoms with Crippen molar-refractivity contribution in [3.63, 3.8) is 0 Å². The van der Waals surface area contributed by atoms with Crippen molar-refractivity contribution in [3.8, 4) is 0 Å². The molecule has 2 heterocycles. The van der Waals surface area contributed by atoms with E-state index in [-0.39, 0.29) is 11.9 Å². The summed E-state index contributed by atoms with van der Waals surface area (Å²) in [4.78, 5) is 23.1. The van der Waals surface area contributed by atoms with Crippen LogP contribution in [0.15, 0.2) is 0 Å². The molecule has 0 radical (unpaired) electrons. The number of esters is 1. The molecular weight excluding hydrogens is 260 g/mol. The number of carbonyl (C=O) groups is 2. The Balaban J connectivity index is 1.80. The Morgan fingerprint density at radius 2 is 2.25 bits per heavy atom. The Hall–Kier alpha value is -1.92. The van der Waals surface area contributed by atoms with Crippen LogP contribution in [0.2, 0.25) is 0 Å². The number of nitrogens with zero attached hydrogens (tertiary/aromatic N) is 3. The van der Waals surface area contributed by atoms with Gasteiger partial charge in [-0.15, -0.1) is 5.10 Å². The Kier molecular flexibility index (Phi) is 3.42. The first-order valence-corrected chi connectivity index (χ1v) is 7.09. The summed E-state index contributed by atoms with van der Waals surface area (Å²) < 4.78 is 6.79. The van der Waals surface area contributed by atoms with Gasteiger partial charge in [0, 0.05) is 18.4 Å². The SMILES string of the molecule is CCOC(=O)c1nnn(CC2CCC(=O)N2)c1C1CC1. The van der Waals surface area contributed by atoms with Crippen molar-refractivity contribution in [2.45, 2.75) is 51.1 Å². The molecule has 0 bridgehead atoms. The normalized spacial score (nSPS) is 21.9. The number of ether oxygens (including phenoxy) is 1. The molecule has 20 heavy (non-hydrogen) atoms. The minimum Gasteiger partial charge on any atom is -0.461 e. The van der Waals surface area contributed by atoms with Crippen LogP contribution in [0.3, 0.4) is 0 Å². The highest BCUT2D eigenvalue weighted by molar-refractivity contribution is 5.88. The number of hydrogen-bond acceptors (Lipinski definition) is 5. The Morgan fingerprint density at radius 3 is 2.85 bits per heavy atom. The molecule has 1 unspecified atom stereocenters. The van der Waals surface area contributed by atoms with E-state index in [1.807, 2.05) is 0 Å². The van der Waals surface area contributed by atoms with E-state index in [1.54, 1.807) is 11.6 Å². The molecule has 1 atom stereocenters. The Labute approximate surface area is 116 Å². The second-order valence-electron chi connectivity index (χ2n) is 5.30. The number of nitrogens with one attached hydrogen (secondary N) is 1. The van der Waals surface area contributed by atoms with Gasteiger partial charge in [-0.25, -0.2) is 9.48 Å². The van der Waals surface area contributed by atoms with Crippen LogP contribution in [0, 0.1) is 0 Å². The molecular formula is C13H18N4O3. The van der Waals surface area contributed by atoms with E-state index in [4.69, 9.17) is 4.74 Å². The molecule has 1 amide bonds. The van der Waals surface area contributed by atoms with E-state index in [2.05, 4.69) is 15.6 Å². The minimum atomic E-state index is -0.406. The first kappa shape index (κ1) is 13.1.